The number of guanidine groups is 1. The highest BCUT2D eigenvalue weighted by atomic mass is 16.4. The van der Waals surface area contributed by atoms with Gasteiger partial charge in [-0.1, -0.05) is 83.7 Å². The number of hydrogen-bond acceptors (Lipinski definition) is 13. The summed E-state index contributed by atoms with van der Waals surface area (Å²) in [6.45, 7) is 9.01. The van der Waals surface area contributed by atoms with Gasteiger partial charge in [-0.3, -0.25) is 52.9 Å². The van der Waals surface area contributed by atoms with Gasteiger partial charge in [0.2, 0.25) is 53.2 Å². The van der Waals surface area contributed by atoms with Crippen molar-refractivity contribution in [2.45, 2.75) is 167 Å². The molecule has 18 N–H and O–H groups in total. The molecule has 0 bridgehead atoms. The standard InChI is InChI=1S/C46H77N13O12/c1-7-9-17-30(56-42(68)32(20-21-35(62)63)58-44(70)36(47)25(3)4)41(67)57-31(18-10-8-2)43(69)59-37(27(6)60)45(71)53-26(5)39(65)55-29(19-14-22-51-46(49)50)40(66)52-24-34(61)54-33(38(48)64)23-28-15-12-11-13-16-28/h11-13,15-16,25-27,29-33,36-37,60H,7-10,14,17-24,47H2,1-6H3,(H2,48,64)(H,52,66)(H,53,71)(H,54,61)(H,55,65)(H,56,68)(H,57,67)(H,58,70)(H,59,69)(H,62,63)(H4,49,50,51)/t26-,27+,29-,30-,31-,32-,33-,36-,37-/m0/s1. The lowest BCUT2D eigenvalue weighted by Gasteiger charge is -2.28. The molecule has 1 aromatic carbocycles. The van der Waals surface area contributed by atoms with Crippen molar-refractivity contribution in [3.63, 3.8) is 0 Å². The highest BCUT2D eigenvalue weighted by Gasteiger charge is 2.35. The Labute approximate surface area is 414 Å². The number of carboxylic acid groups (broad SMARTS) is 1. The third-order valence-electron chi connectivity index (χ3n) is 11.0. The van der Waals surface area contributed by atoms with Gasteiger partial charge in [0, 0.05) is 19.4 Å². The smallest absolute Gasteiger partial charge is 0.303 e. The number of nitrogens with zero attached hydrogens (tertiary/aromatic N) is 1. The molecule has 0 fully saturated rings. The zero-order valence-corrected chi connectivity index (χ0v) is 41.6. The zero-order valence-electron chi connectivity index (χ0n) is 41.6. The average molecular weight is 1000 g/mol. The van der Waals surface area contributed by atoms with E-state index in [1.807, 2.05) is 13.8 Å². The van der Waals surface area contributed by atoms with Gasteiger partial charge in [0.1, 0.15) is 42.3 Å². The van der Waals surface area contributed by atoms with E-state index in [1.54, 1.807) is 44.2 Å². The SMILES string of the molecule is CCCC[C@H](NC(=O)[C@H](CCC(=O)O)NC(=O)[C@@H](N)C(C)C)C(=O)N[C@@H](CCCC)C(=O)N[C@H](C(=O)N[C@@H](C)C(=O)N[C@@H](CCCN=C(N)N)C(=O)NCC(=O)N[C@@H](Cc1ccccc1)C(N)=O)[C@@H](C)O. The Morgan fingerprint density at radius 3 is 1.58 bits per heavy atom. The second kappa shape index (κ2) is 32.8. The maximum absolute atomic E-state index is 13.8. The molecular formula is C46H77N13O12. The van der Waals surface area contributed by atoms with E-state index in [9.17, 15) is 58.2 Å². The van der Waals surface area contributed by atoms with E-state index >= 15 is 0 Å². The second-order valence-corrected chi connectivity index (χ2v) is 17.6. The number of carboxylic acids is 1. The predicted molar refractivity (Wildman–Crippen MR) is 262 cm³/mol. The number of aliphatic carboxylic acids is 1. The molecule has 71 heavy (non-hydrogen) atoms. The van der Waals surface area contributed by atoms with Crippen molar-refractivity contribution in [1.29, 1.82) is 0 Å². The van der Waals surface area contributed by atoms with Crippen molar-refractivity contribution in [2.75, 3.05) is 13.1 Å². The van der Waals surface area contributed by atoms with Crippen LogP contribution >= 0.6 is 0 Å². The van der Waals surface area contributed by atoms with Gasteiger partial charge in [-0.05, 0) is 57.4 Å². The monoisotopic (exact) mass is 1000 g/mol. The Hall–Kier alpha value is -6.89. The van der Waals surface area contributed by atoms with E-state index in [1.165, 1.54) is 13.8 Å². The van der Waals surface area contributed by atoms with Crippen molar-refractivity contribution in [3.05, 3.63) is 35.9 Å². The van der Waals surface area contributed by atoms with Crippen LogP contribution in [0.4, 0.5) is 0 Å². The number of nitrogens with two attached hydrogens (primary N) is 4. The molecule has 0 unspecified atom stereocenters. The number of aliphatic hydroxyl groups excluding tert-OH is 1. The number of aliphatic hydroxyl groups is 1. The van der Waals surface area contributed by atoms with Gasteiger partial charge >= 0.3 is 5.97 Å². The minimum absolute atomic E-state index is 0.0381. The Morgan fingerprint density at radius 1 is 0.592 bits per heavy atom. The van der Waals surface area contributed by atoms with Crippen LogP contribution in [-0.4, -0.2) is 143 Å². The van der Waals surface area contributed by atoms with Gasteiger partial charge in [0.25, 0.3) is 0 Å². The quantitative estimate of drug-likeness (QED) is 0.0185. The van der Waals surface area contributed by atoms with Crippen LogP contribution in [-0.2, 0) is 54.4 Å². The van der Waals surface area contributed by atoms with Crippen LogP contribution in [0.15, 0.2) is 35.3 Å². The third-order valence-corrected chi connectivity index (χ3v) is 11.0. The van der Waals surface area contributed by atoms with Crippen molar-refractivity contribution in [1.82, 2.24) is 42.5 Å². The molecule has 0 heterocycles. The third kappa shape index (κ3) is 24.5. The first-order chi connectivity index (χ1) is 33.4. The normalized spacial score (nSPS) is 14.8. The number of rotatable bonds is 34. The van der Waals surface area contributed by atoms with E-state index in [0.717, 1.165) is 5.56 Å². The zero-order chi connectivity index (χ0) is 53.8. The van der Waals surface area contributed by atoms with Crippen molar-refractivity contribution >= 4 is 65.1 Å². The number of carbonyl (C=O) groups excluding carboxylic acids is 9. The van der Waals surface area contributed by atoms with E-state index in [2.05, 4.69) is 47.5 Å². The number of nitrogens with one attached hydrogen (secondary N) is 8. The molecule has 0 aliphatic carbocycles. The average Bonchev–Trinajstić information content (AvgIpc) is 3.31. The maximum Gasteiger partial charge on any atom is 0.303 e. The van der Waals surface area contributed by atoms with E-state index in [0.29, 0.717) is 25.7 Å². The van der Waals surface area contributed by atoms with Crippen molar-refractivity contribution in [3.8, 4) is 0 Å². The lowest BCUT2D eigenvalue weighted by atomic mass is 10.0. The van der Waals surface area contributed by atoms with Crippen LogP contribution in [0.25, 0.3) is 0 Å². The largest absolute Gasteiger partial charge is 0.481 e. The minimum Gasteiger partial charge on any atom is -0.481 e. The Morgan fingerprint density at radius 2 is 1.08 bits per heavy atom. The fourth-order valence-corrected chi connectivity index (χ4v) is 6.71. The number of unbranched alkanes of at least 4 members (excludes halogenated alkanes) is 2. The molecule has 0 saturated heterocycles. The maximum atomic E-state index is 13.8. The molecule has 1 rings (SSSR count). The van der Waals surface area contributed by atoms with Gasteiger partial charge in [0.05, 0.1) is 18.7 Å². The molecule has 0 aliphatic heterocycles. The number of aliphatic imine (C=N–C) groups is 1. The van der Waals surface area contributed by atoms with E-state index in [4.69, 9.17) is 22.9 Å². The number of hydrogen-bond donors (Lipinski definition) is 14. The van der Waals surface area contributed by atoms with Crippen LogP contribution < -0.4 is 65.5 Å². The molecule has 0 aromatic heterocycles. The molecule has 25 heteroatoms. The van der Waals surface area contributed by atoms with Crippen LogP contribution in [0, 0.1) is 5.92 Å². The summed E-state index contributed by atoms with van der Waals surface area (Å²) < 4.78 is 0. The van der Waals surface area contributed by atoms with Crippen LogP contribution in [0.2, 0.25) is 0 Å². The minimum atomic E-state index is -1.67. The second-order valence-electron chi connectivity index (χ2n) is 17.6. The summed E-state index contributed by atoms with van der Waals surface area (Å²) in [6, 6.07) is -1.56. The lowest BCUT2D eigenvalue weighted by Crippen LogP contribution is -2.61. The molecule has 9 amide bonds. The van der Waals surface area contributed by atoms with Gasteiger partial charge in [-0.25, -0.2) is 0 Å². The Bertz CT molecular complexity index is 1970. The molecule has 25 nitrogen and oxygen atoms in total. The summed E-state index contributed by atoms with van der Waals surface area (Å²) >= 11 is 0. The molecule has 0 radical (unpaired) electrons. The summed E-state index contributed by atoms with van der Waals surface area (Å²) in [6.07, 6.45) is 0.107. The number of carbonyl (C=O) groups is 10. The van der Waals surface area contributed by atoms with Crippen LogP contribution in [0.5, 0.6) is 0 Å². The summed E-state index contributed by atoms with van der Waals surface area (Å²) in [7, 11) is 0. The number of amides is 9. The molecule has 9 atom stereocenters. The first kappa shape index (κ1) is 62.1. The first-order valence-corrected chi connectivity index (χ1v) is 23.8. The van der Waals surface area contributed by atoms with E-state index in [-0.39, 0.29) is 56.9 Å². The lowest BCUT2D eigenvalue weighted by molar-refractivity contribution is -0.138. The summed E-state index contributed by atoms with van der Waals surface area (Å²) in [4.78, 5) is 135. The molecule has 0 saturated carbocycles. The van der Waals surface area contributed by atoms with Gasteiger partial charge in [-0.2, -0.15) is 0 Å². The van der Waals surface area contributed by atoms with Gasteiger partial charge < -0.3 is 75.7 Å². The molecule has 0 aliphatic rings. The summed E-state index contributed by atoms with van der Waals surface area (Å²) in [5, 5.41) is 39.9. The summed E-state index contributed by atoms with van der Waals surface area (Å²) in [5.41, 5.74) is 23.0. The molecular weight excluding hydrogens is 927 g/mol. The Balaban J connectivity index is 3.19. The van der Waals surface area contributed by atoms with Crippen LogP contribution in [0.3, 0.4) is 0 Å². The van der Waals surface area contributed by atoms with E-state index < -0.39 is 127 Å². The van der Waals surface area contributed by atoms with Gasteiger partial charge in [0.15, 0.2) is 5.96 Å². The molecule has 1 aromatic rings. The van der Waals surface area contributed by atoms with Crippen LogP contribution in [0.1, 0.15) is 111 Å². The first-order valence-electron chi connectivity index (χ1n) is 23.8. The topological polar surface area (TPSA) is 424 Å². The fourth-order valence-electron chi connectivity index (χ4n) is 6.71. The highest BCUT2D eigenvalue weighted by Crippen LogP contribution is 2.10. The number of benzene rings is 1. The van der Waals surface area contributed by atoms with Crippen molar-refractivity contribution in [2.24, 2.45) is 33.8 Å². The van der Waals surface area contributed by atoms with Crippen molar-refractivity contribution < 1.29 is 58.2 Å². The highest BCUT2D eigenvalue weighted by molar-refractivity contribution is 5.98. The molecule has 0 spiro atoms. The number of primary amides is 1. The Kier molecular flexibility index (Phi) is 28.7. The fraction of sp³-hybridized carbons (Fsp3) is 0.630. The summed E-state index contributed by atoms with van der Waals surface area (Å²) in [5.74, 6) is -9.20. The molecule has 398 valence electrons. The van der Waals surface area contributed by atoms with Gasteiger partial charge in [-0.15, -0.1) is 0 Å². The predicted octanol–water partition coefficient (Wildman–Crippen LogP) is -3.09.